The van der Waals surface area contributed by atoms with Crippen molar-refractivity contribution in [1.29, 1.82) is 0 Å². The maximum absolute atomic E-state index is 14.4. The number of carbonyl (C=O) groups excluding carboxylic acids is 3. The van der Waals surface area contributed by atoms with Gasteiger partial charge < -0.3 is 24.6 Å². The molecule has 53 heavy (non-hydrogen) atoms. The van der Waals surface area contributed by atoms with E-state index in [9.17, 15) is 36.0 Å². The van der Waals surface area contributed by atoms with Gasteiger partial charge in [0.05, 0.1) is 16.6 Å². The number of sulfonamides is 1. The standard InChI is InChI=1S/C38H45F3N4O7S/c1-37(2,3)52-36(48)42-29-16-18-43(19-17-29)35(47)33-24-44(34(46)25-8-12-28(13-9-25)38(39,40)41)20-21-45(33)53(49,50)32-15-11-26-22-31(14-10-27(26)23-32)51-30-6-4-5-7-30/h8-15,22-23,29-30,33H,4-7,16-21,24H2,1-3H3,(H,42,48)/t33-/m0/s1. The molecule has 3 aliphatic rings. The summed E-state index contributed by atoms with van der Waals surface area (Å²) in [5.74, 6) is -0.413. The van der Waals surface area contributed by atoms with E-state index in [0.717, 1.165) is 59.6 Å². The third kappa shape index (κ3) is 9.06. The summed E-state index contributed by atoms with van der Waals surface area (Å²) in [7, 11) is -4.28. The predicted molar refractivity (Wildman–Crippen MR) is 191 cm³/mol. The molecule has 2 saturated heterocycles. The third-order valence-corrected chi connectivity index (χ3v) is 11.8. The van der Waals surface area contributed by atoms with Crippen molar-refractivity contribution in [2.75, 3.05) is 32.7 Å². The molecule has 286 valence electrons. The van der Waals surface area contributed by atoms with Crippen LogP contribution in [0.1, 0.15) is 75.2 Å². The van der Waals surface area contributed by atoms with Crippen LogP contribution in [0.15, 0.2) is 65.6 Å². The highest BCUT2D eigenvalue weighted by Crippen LogP contribution is 2.32. The van der Waals surface area contributed by atoms with E-state index in [2.05, 4.69) is 5.32 Å². The number of benzene rings is 3. The molecule has 3 aromatic carbocycles. The Morgan fingerprint density at radius 2 is 1.43 bits per heavy atom. The summed E-state index contributed by atoms with van der Waals surface area (Å²) in [6, 6.07) is 12.5. The summed E-state index contributed by atoms with van der Waals surface area (Å²) in [5.41, 5.74) is -1.60. The molecule has 3 amide bonds. The van der Waals surface area contributed by atoms with Gasteiger partial charge in [0.25, 0.3) is 5.91 Å². The van der Waals surface area contributed by atoms with E-state index >= 15 is 0 Å². The van der Waals surface area contributed by atoms with Crippen molar-refractivity contribution in [3.05, 3.63) is 71.8 Å². The Balaban J connectivity index is 1.22. The van der Waals surface area contributed by atoms with Crippen molar-refractivity contribution >= 4 is 38.7 Å². The Bertz CT molecular complexity index is 1940. The molecule has 1 aliphatic carbocycles. The fraction of sp³-hybridized carbons (Fsp3) is 0.500. The van der Waals surface area contributed by atoms with Gasteiger partial charge in [-0.15, -0.1) is 0 Å². The fourth-order valence-electron chi connectivity index (χ4n) is 7.12. The number of rotatable bonds is 7. The lowest BCUT2D eigenvalue weighted by atomic mass is 10.0. The van der Waals surface area contributed by atoms with E-state index in [-0.39, 0.29) is 55.3 Å². The maximum atomic E-state index is 14.4. The summed E-state index contributed by atoms with van der Waals surface area (Å²) >= 11 is 0. The van der Waals surface area contributed by atoms with Crippen molar-refractivity contribution in [2.24, 2.45) is 0 Å². The average molecular weight is 759 g/mol. The zero-order valence-corrected chi connectivity index (χ0v) is 30.8. The van der Waals surface area contributed by atoms with E-state index < -0.39 is 51.3 Å². The van der Waals surface area contributed by atoms with Gasteiger partial charge in [0.2, 0.25) is 15.9 Å². The molecule has 0 spiro atoms. The minimum atomic E-state index is -4.58. The molecule has 1 atom stereocenters. The van der Waals surface area contributed by atoms with E-state index in [1.807, 2.05) is 12.1 Å². The normalized spacial score (nSPS) is 19.7. The number of hydrogen-bond donors (Lipinski definition) is 1. The number of likely N-dealkylation sites (tertiary alicyclic amines) is 1. The first kappa shape index (κ1) is 38.4. The third-order valence-electron chi connectivity index (χ3n) is 9.88. The molecule has 0 unspecified atom stereocenters. The van der Waals surface area contributed by atoms with Crippen LogP contribution in [0.5, 0.6) is 5.75 Å². The quantitative estimate of drug-likeness (QED) is 0.304. The van der Waals surface area contributed by atoms with Crippen molar-refractivity contribution in [3.63, 3.8) is 0 Å². The zero-order valence-electron chi connectivity index (χ0n) is 30.0. The lowest BCUT2D eigenvalue weighted by Gasteiger charge is -2.42. The highest BCUT2D eigenvalue weighted by atomic mass is 32.2. The smallest absolute Gasteiger partial charge is 0.416 e. The van der Waals surface area contributed by atoms with Gasteiger partial charge in [-0.25, -0.2) is 13.2 Å². The number of fused-ring (bicyclic) bond motifs is 1. The number of nitrogens with one attached hydrogen (secondary N) is 1. The van der Waals surface area contributed by atoms with Gasteiger partial charge in [-0.3, -0.25) is 9.59 Å². The van der Waals surface area contributed by atoms with Gasteiger partial charge in [-0.1, -0.05) is 12.1 Å². The van der Waals surface area contributed by atoms with Gasteiger partial charge >= 0.3 is 12.3 Å². The zero-order chi connectivity index (χ0) is 38.1. The molecule has 0 bridgehead atoms. The molecule has 0 aromatic heterocycles. The number of amides is 3. The van der Waals surface area contributed by atoms with E-state index in [1.165, 1.54) is 15.9 Å². The van der Waals surface area contributed by atoms with Crippen LogP contribution < -0.4 is 10.1 Å². The summed E-state index contributed by atoms with van der Waals surface area (Å²) in [6.07, 6.45) is 0.0668. The Kier molecular flexibility index (Phi) is 11.0. The first-order chi connectivity index (χ1) is 25.0. The number of piperidine rings is 1. The topological polar surface area (TPSA) is 126 Å². The Morgan fingerprint density at radius 3 is 2.08 bits per heavy atom. The maximum Gasteiger partial charge on any atom is 0.416 e. The summed E-state index contributed by atoms with van der Waals surface area (Å²) in [6.45, 7) is 5.10. The number of hydrogen-bond acceptors (Lipinski definition) is 7. The molecular formula is C38H45F3N4O7S. The number of alkyl halides is 3. The van der Waals surface area contributed by atoms with Gasteiger partial charge in [0.1, 0.15) is 17.4 Å². The van der Waals surface area contributed by atoms with Crippen LogP contribution in [0.4, 0.5) is 18.0 Å². The lowest BCUT2D eigenvalue weighted by molar-refractivity contribution is -0.138. The highest BCUT2D eigenvalue weighted by Gasteiger charge is 2.44. The lowest BCUT2D eigenvalue weighted by Crippen LogP contribution is -2.62. The SMILES string of the molecule is CC(C)(C)OC(=O)NC1CCN(C(=O)[C@@H]2CN(C(=O)c3ccc(C(F)(F)F)cc3)CCN2S(=O)(=O)c2ccc3cc(OC4CCCC4)ccc3c2)CC1. The predicted octanol–water partition coefficient (Wildman–Crippen LogP) is 6.21. The minimum absolute atomic E-state index is 0.0136. The van der Waals surface area contributed by atoms with Gasteiger partial charge in [0, 0.05) is 44.3 Å². The Labute approximate surface area is 307 Å². The van der Waals surface area contributed by atoms with Gasteiger partial charge in [-0.2, -0.15) is 17.5 Å². The fourth-order valence-corrected chi connectivity index (χ4v) is 8.72. The minimum Gasteiger partial charge on any atom is -0.490 e. The molecule has 1 N–H and O–H groups in total. The van der Waals surface area contributed by atoms with E-state index in [0.29, 0.717) is 24.0 Å². The molecule has 1 saturated carbocycles. The number of piperazine rings is 1. The number of nitrogens with zero attached hydrogens (tertiary/aromatic N) is 3. The summed E-state index contributed by atoms with van der Waals surface area (Å²) in [5, 5.41) is 4.28. The molecule has 6 rings (SSSR count). The van der Waals surface area contributed by atoms with Crippen LogP contribution >= 0.6 is 0 Å². The summed E-state index contributed by atoms with van der Waals surface area (Å²) < 4.78 is 80.9. The molecule has 2 heterocycles. The second kappa shape index (κ2) is 15.2. The molecule has 3 fully saturated rings. The van der Waals surface area contributed by atoms with Crippen LogP contribution in [0.2, 0.25) is 0 Å². The number of halogens is 3. The van der Waals surface area contributed by atoms with Crippen molar-refractivity contribution in [1.82, 2.24) is 19.4 Å². The van der Waals surface area contributed by atoms with Crippen LogP contribution in [-0.4, -0.2) is 96.9 Å². The molecule has 15 heteroatoms. The highest BCUT2D eigenvalue weighted by molar-refractivity contribution is 7.89. The first-order valence-electron chi connectivity index (χ1n) is 18.0. The van der Waals surface area contributed by atoms with E-state index in [4.69, 9.17) is 9.47 Å². The molecule has 3 aromatic rings. The van der Waals surface area contributed by atoms with Gasteiger partial charge in [0.15, 0.2) is 0 Å². The van der Waals surface area contributed by atoms with Crippen LogP contribution in [0.3, 0.4) is 0 Å². The molecule has 0 radical (unpaired) electrons. The monoisotopic (exact) mass is 758 g/mol. The second-order valence-corrected chi connectivity index (χ2v) is 16.8. The van der Waals surface area contributed by atoms with Gasteiger partial charge in [-0.05, 0) is 119 Å². The molecule has 2 aliphatic heterocycles. The van der Waals surface area contributed by atoms with Crippen LogP contribution in [-0.2, 0) is 25.7 Å². The first-order valence-corrected chi connectivity index (χ1v) is 19.4. The molecule has 11 nitrogen and oxygen atoms in total. The largest absolute Gasteiger partial charge is 0.490 e. The van der Waals surface area contributed by atoms with Crippen molar-refractivity contribution in [2.45, 2.75) is 94.2 Å². The number of ether oxygens (including phenoxy) is 2. The number of carbonyl (C=O) groups is 3. The Hall–Kier alpha value is -4.37. The Morgan fingerprint density at radius 1 is 0.792 bits per heavy atom. The van der Waals surface area contributed by atoms with Crippen molar-refractivity contribution < 1.29 is 45.4 Å². The van der Waals surface area contributed by atoms with Crippen LogP contribution in [0.25, 0.3) is 10.8 Å². The van der Waals surface area contributed by atoms with Crippen LogP contribution in [0, 0.1) is 0 Å². The van der Waals surface area contributed by atoms with Crippen molar-refractivity contribution in [3.8, 4) is 5.75 Å². The average Bonchev–Trinajstić information content (AvgIpc) is 3.62. The van der Waals surface area contributed by atoms with E-state index in [1.54, 1.807) is 39.0 Å². The molecular weight excluding hydrogens is 713 g/mol. The second-order valence-electron chi connectivity index (χ2n) is 14.9. The summed E-state index contributed by atoms with van der Waals surface area (Å²) in [4.78, 5) is 42.9. The number of alkyl carbamates (subject to hydrolysis) is 1.